The van der Waals surface area contributed by atoms with Crippen LogP contribution in [0.1, 0.15) is 110 Å². The van der Waals surface area contributed by atoms with Crippen molar-refractivity contribution < 1.29 is 4.74 Å². The number of fused-ring (bicyclic) bond motifs is 5. The van der Waals surface area contributed by atoms with Gasteiger partial charge in [-0.15, -0.1) is 0 Å². The zero-order valence-electron chi connectivity index (χ0n) is 38.7. The van der Waals surface area contributed by atoms with E-state index < -0.39 is 0 Å². The average Bonchev–Trinajstić information content (AvgIpc) is 4.05. The Morgan fingerprint density at radius 1 is 0.548 bits per heavy atom. The van der Waals surface area contributed by atoms with E-state index in [-0.39, 0.29) is 0 Å². The Balaban J connectivity index is 0.000000129. The Morgan fingerprint density at radius 2 is 1.13 bits per heavy atom. The van der Waals surface area contributed by atoms with E-state index in [1.54, 1.807) is 0 Å². The van der Waals surface area contributed by atoms with Gasteiger partial charge in [0.1, 0.15) is 23.9 Å². The average molecular weight is 837 g/mol. The molecule has 62 heavy (non-hydrogen) atoms. The molecule has 11 nitrogen and oxygen atoms in total. The first-order chi connectivity index (χ1) is 29.9. The van der Waals surface area contributed by atoms with Crippen molar-refractivity contribution in [2.45, 2.75) is 118 Å². The molecular formula is C51H68N10O. The highest BCUT2D eigenvalue weighted by molar-refractivity contribution is 5.54. The molecule has 0 saturated carbocycles. The highest BCUT2D eigenvalue weighted by Crippen LogP contribution is 2.30. The van der Waals surface area contributed by atoms with Crippen LogP contribution in [-0.4, -0.2) is 78.3 Å². The molecule has 0 saturated heterocycles. The van der Waals surface area contributed by atoms with Crippen LogP contribution < -0.4 is 19.4 Å². The number of hydrogen-bond acceptors (Lipinski definition) is 9. The van der Waals surface area contributed by atoms with Crippen molar-refractivity contribution in [3.63, 3.8) is 0 Å². The number of aryl methyl sites for hydroxylation is 1. The van der Waals surface area contributed by atoms with Gasteiger partial charge >= 0.3 is 0 Å². The van der Waals surface area contributed by atoms with Crippen LogP contribution in [0.5, 0.6) is 5.75 Å². The summed E-state index contributed by atoms with van der Waals surface area (Å²) in [5.74, 6) is 5.28. The number of hydrogen-bond donors (Lipinski definition) is 0. The van der Waals surface area contributed by atoms with E-state index in [1.165, 1.54) is 41.1 Å². The minimum absolute atomic E-state index is 0.484. The van der Waals surface area contributed by atoms with Crippen molar-refractivity contribution >= 4 is 28.6 Å². The molecule has 0 spiro atoms. The minimum atomic E-state index is 0.484. The number of ether oxygens (including phenoxy) is 1. The lowest BCUT2D eigenvalue weighted by Gasteiger charge is -2.33. The first kappa shape index (κ1) is 45.6. The van der Waals surface area contributed by atoms with E-state index in [2.05, 4.69) is 144 Å². The van der Waals surface area contributed by atoms with E-state index in [4.69, 9.17) is 4.74 Å². The van der Waals surface area contributed by atoms with Crippen molar-refractivity contribution in [2.75, 3.05) is 40.9 Å². The largest absolute Gasteiger partial charge is 0.488 e. The molecule has 7 aromatic heterocycles. The summed E-state index contributed by atoms with van der Waals surface area (Å²) < 4.78 is 9.46. The summed E-state index contributed by atoms with van der Waals surface area (Å²) in [5, 5.41) is 4.43. The fourth-order valence-corrected chi connectivity index (χ4v) is 7.71. The zero-order valence-corrected chi connectivity index (χ0v) is 38.7. The molecule has 0 fully saturated rings. The maximum atomic E-state index is 5.50. The van der Waals surface area contributed by atoms with Crippen LogP contribution in [-0.2, 0) is 12.8 Å². The number of aromatic nitrogens is 7. The van der Waals surface area contributed by atoms with Crippen molar-refractivity contribution in [2.24, 2.45) is 0 Å². The van der Waals surface area contributed by atoms with Crippen molar-refractivity contribution in [3.8, 4) is 5.75 Å². The van der Waals surface area contributed by atoms with Gasteiger partial charge in [0.2, 0.25) is 0 Å². The normalized spacial score (nSPS) is 14.0. The lowest BCUT2D eigenvalue weighted by molar-refractivity contribution is 0.300. The predicted molar refractivity (Wildman–Crippen MR) is 256 cm³/mol. The van der Waals surface area contributed by atoms with Crippen LogP contribution >= 0.6 is 0 Å². The summed E-state index contributed by atoms with van der Waals surface area (Å²) >= 11 is 0. The van der Waals surface area contributed by atoms with E-state index >= 15 is 0 Å². The van der Waals surface area contributed by atoms with E-state index in [0.717, 1.165) is 61.3 Å². The highest BCUT2D eigenvalue weighted by atomic mass is 16.5. The molecule has 0 N–H and O–H groups in total. The smallest absolute Gasteiger partial charge is 0.171 e. The highest BCUT2D eigenvalue weighted by Gasteiger charge is 2.22. The molecule has 0 bridgehead atoms. The van der Waals surface area contributed by atoms with Crippen molar-refractivity contribution in [1.29, 1.82) is 0 Å². The van der Waals surface area contributed by atoms with Gasteiger partial charge in [0.05, 0.1) is 23.4 Å². The molecule has 0 unspecified atom stereocenters. The van der Waals surface area contributed by atoms with Gasteiger partial charge in [-0.25, -0.2) is 24.5 Å². The van der Waals surface area contributed by atoms with E-state index in [1.807, 2.05) is 90.1 Å². The number of pyridine rings is 5. The Kier molecular flexibility index (Phi) is 15.9. The molecule has 3 aliphatic rings. The molecule has 11 heteroatoms. The second-order valence-corrected chi connectivity index (χ2v) is 17.4. The molecule has 3 aliphatic heterocycles. The van der Waals surface area contributed by atoms with Crippen LogP contribution in [0.3, 0.4) is 0 Å². The molecule has 0 atom stereocenters. The van der Waals surface area contributed by atoms with E-state index in [9.17, 15) is 0 Å². The van der Waals surface area contributed by atoms with Gasteiger partial charge in [-0.05, 0) is 138 Å². The van der Waals surface area contributed by atoms with Gasteiger partial charge in [0, 0.05) is 68.4 Å². The Labute approximate surface area is 369 Å². The third kappa shape index (κ3) is 11.7. The van der Waals surface area contributed by atoms with E-state index in [0.29, 0.717) is 30.0 Å². The molecule has 328 valence electrons. The topological polar surface area (TPSA) is 92.2 Å². The molecule has 0 aliphatic carbocycles. The Morgan fingerprint density at radius 3 is 1.76 bits per heavy atom. The third-order valence-corrected chi connectivity index (χ3v) is 11.2. The summed E-state index contributed by atoms with van der Waals surface area (Å²) in [6.07, 6.45) is 15.3. The summed E-state index contributed by atoms with van der Waals surface area (Å²) in [6.45, 7) is 25.8. The number of nitrogens with zero attached hydrogens (tertiary/aromatic N) is 10. The summed E-state index contributed by atoms with van der Waals surface area (Å²) in [5.41, 5.74) is 7.30. The Bertz CT molecular complexity index is 2230. The summed E-state index contributed by atoms with van der Waals surface area (Å²) in [7, 11) is 0. The van der Waals surface area contributed by atoms with Crippen LogP contribution in [0.25, 0.3) is 11.2 Å². The monoisotopic (exact) mass is 837 g/mol. The maximum Gasteiger partial charge on any atom is 0.171 e. The van der Waals surface area contributed by atoms with Crippen molar-refractivity contribution in [1.82, 2.24) is 34.0 Å². The van der Waals surface area contributed by atoms with Crippen LogP contribution in [0.2, 0.25) is 0 Å². The fourth-order valence-electron chi connectivity index (χ4n) is 7.71. The van der Waals surface area contributed by atoms with Crippen LogP contribution in [0.15, 0.2) is 116 Å². The van der Waals surface area contributed by atoms with Gasteiger partial charge in [-0.1, -0.05) is 52.0 Å². The van der Waals surface area contributed by atoms with Crippen LogP contribution in [0.4, 0.5) is 17.5 Å². The van der Waals surface area contributed by atoms with Gasteiger partial charge in [0.25, 0.3) is 0 Å². The lowest BCUT2D eigenvalue weighted by Crippen LogP contribution is -2.38. The quantitative estimate of drug-likeness (QED) is 0.168. The molecule has 0 aromatic carbocycles. The van der Waals surface area contributed by atoms with Gasteiger partial charge < -0.3 is 23.8 Å². The fraction of sp³-hybridized carbons (Fsp3) is 0.431. The lowest BCUT2D eigenvalue weighted by atomic mass is 10.0. The second kappa shape index (κ2) is 21.7. The first-order valence-corrected chi connectivity index (χ1v) is 22.5. The molecule has 10 heterocycles. The van der Waals surface area contributed by atoms with Crippen LogP contribution in [0, 0.1) is 0 Å². The number of rotatable bonds is 5. The zero-order chi connectivity index (χ0) is 44.2. The molecule has 10 rings (SSSR count). The summed E-state index contributed by atoms with van der Waals surface area (Å²) in [6, 6.07) is 28.2. The molecule has 7 aromatic rings. The molecule has 0 radical (unpaired) electrons. The van der Waals surface area contributed by atoms with Gasteiger partial charge in [-0.2, -0.15) is 5.10 Å². The molecular weight excluding hydrogens is 769 g/mol. The summed E-state index contributed by atoms with van der Waals surface area (Å²) in [4.78, 5) is 24.6. The van der Waals surface area contributed by atoms with Crippen molar-refractivity contribution in [3.05, 3.63) is 139 Å². The Hall–Kier alpha value is -5.97. The van der Waals surface area contributed by atoms with Gasteiger partial charge in [0.15, 0.2) is 11.6 Å². The SMILES string of the molecule is CC(C)N1CCCc2cccnc21.CC(C)N1CCOc2cccnc21.CC(C)N1CCc2cccnc21.CC(C)c1cc2ccccn2n1.CC(C)c1cn2ccccc2n1. The number of anilines is 3. The second-order valence-electron chi connectivity index (χ2n) is 17.4. The third-order valence-electron chi connectivity index (χ3n) is 11.2. The minimum Gasteiger partial charge on any atom is -0.488 e. The number of imidazole rings is 1. The standard InChI is InChI=1S/C11H16N2.C10H14N2O.C10H14N2.2C10H12N2/c1-9(2)13-8-4-6-10-5-3-7-12-11(10)13;1-8(2)12-6-7-13-9-4-3-5-11-10(9)12;1-8(2)12-7-5-9-4-3-6-11-10(9)12;1-8(2)9-7-12-6-4-3-5-10(12)11-9;1-8(2)10-7-9-5-3-4-6-12(9)11-10/h3,5,7,9H,4,6,8H2,1-2H3;3-5,8H,6-7H2,1-2H3;3-4,6,8H,5,7H2,1-2H3;2*3-8H,1-2H3. The molecule has 0 amide bonds. The predicted octanol–water partition coefficient (Wildman–Crippen LogP) is 10.7. The maximum absolute atomic E-state index is 5.50. The first-order valence-electron chi connectivity index (χ1n) is 22.5. The van der Waals surface area contributed by atoms with Gasteiger partial charge in [-0.3, -0.25) is 0 Å².